The molecule has 0 aliphatic heterocycles. The molecule has 2 aromatic rings. The topological polar surface area (TPSA) is 35.2 Å². The van der Waals surface area contributed by atoms with Crippen molar-refractivity contribution in [3.8, 4) is 5.75 Å². The fourth-order valence-electron chi connectivity index (χ4n) is 1.96. The van der Waals surface area contributed by atoms with Crippen LogP contribution in [0.4, 0.5) is 8.78 Å². The number of rotatable bonds is 5. The first kappa shape index (κ1) is 14.5. The van der Waals surface area contributed by atoms with Crippen LogP contribution in [0.25, 0.3) is 0 Å². The first-order chi connectivity index (χ1) is 9.56. The van der Waals surface area contributed by atoms with Crippen molar-refractivity contribution in [3.05, 3.63) is 65.2 Å². The van der Waals surface area contributed by atoms with Gasteiger partial charge < -0.3 is 10.5 Å². The van der Waals surface area contributed by atoms with Gasteiger partial charge in [0.1, 0.15) is 17.4 Å². The standard InChI is InChI=1S/C16H17F2NO/c1-11-3-2-4-13(9-11)20-8-7-16(19)14-10-12(17)5-6-15(14)18/h2-6,9-10,16H,7-8,19H2,1H3. The molecule has 1 atom stereocenters. The second kappa shape index (κ2) is 6.48. The highest BCUT2D eigenvalue weighted by molar-refractivity contribution is 5.27. The maximum absolute atomic E-state index is 13.5. The number of nitrogens with two attached hydrogens (primary N) is 1. The highest BCUT2D eigenvalue weighted by Gasteiger charge is 2.12. The lowest BCUT2D eigenvalue weighted by atomic mass is 10.0. The van der Waals surface area contributed by atoms with Gasteiger partial charge in [0.2, 0.25) is 0 Å². The Balaban J connectivity index is 1.92. The van der Waals surface area contributed by atoms with Crippen LogP contribution in [0.15, 0.2) is 42.5 Å². The van der Waals surface area contributed by atoms with Crippen molar-refractivity contribution in [1.82, 2.24) is 0 Å². The van der Waals surface area contributed by atoms with E-state index < -0.39 is 17.7 Å². The molecular formula is C16H17F2NO. The number of aryl methyl sites for hydroxylation is 1. The van der Waals surface area contributed by atoms with Crippen LogP contribution in [0.1, 0.15) is 23.6 Å². The van der Waals surface area contributed by atoms with Gasteiger partial charge in [-0.1, -0.05) is 12.1 Å². The Bertz CT molecular complexity index is 586. The van der Waals surface area contributed by atoms with Gasteiger partial charge in [0, 0.05) is 18.0 Å². The maximum atomic E-state index is 13.5. The molecule has 0 heterocycles. The van der Waals surface area contributed by atoms with Crippen LogP contribution in [0.5, 0.6) is 5.75 Å². The summed E-state index contributed by atoms with van der Waals surface area (Å²) in [5.74, 6) is -0.233. The average Bonchev–Trinajstić information content (AvgIpc) is 2.41. The Morgan fingerprint density at radius 1 is 1.15 bits per heavy atom. The molecule has 0 spiro atoms. The van der Waals surface area contributed by atoms with E-state index in [4.69, 9.17) is 10.5 Å². The number of ether oxygens (including phenoxy) is 1. The van der Waals surface area contributed by atoms with Gasteiger partial charge in [-0.15, -0.1) is 0 Å². The molecule has 0 fully saturated rings. The molecule has 2 nitrogen and oxygen atoms in total. The SMILES string of the molecule is Cc1cccc(OCCC(N)c2cc(F)ccc2F)c1. The molecule has 2 rings (SSSR count). The third kappa shape index (κ3) is 3.78. The van der Waals surface area contributed by atoms with Crippen LogP contribution in [0, 0.1) is 18.6 Å². The van der Waals surface area contributed by atoms with E-state index in [2.05, 4.69) is 0 Å². The largest absolute Gasteiger partial charge is 0.494 e. The first-order valence-electron chi connectivity index (χ1n) is 6.46. The Morgan fingerprint density at radius 2 is 1.95 bits per heavy atom. The molecule has 0 radical (unpaired) electrons. The van der Waals surface area contributed by atoms with Crippen molar-refractivity contribution in [2.45, 2.75) is 19.4 Å². The summed E-state index contributed by atoms with van der Waals surface area (Å²) in [6.45, 7) is 2.32. The summed E-state index contributed by atoms with van der Waals surface area (Å²) in [7, 11) is 0. The van der Waals surface area contributed by atoms with E-state index in [1.807, 2.05) is 31.2 Å². The van der Waals surface area contributed by atoms with Crippen molar-refractivity contribution in [3.63, 3.8) is 0 Å². The molecule has 1 unspecified atom stereocenters. The summed E-state index contributed by atoms with van der Waals surface area (Å²) in [5, 5.41) is 0. The molecule has 0 aliphatic rings. The molecule has 2 N–H and O–H groups in total. The monoisotopic (exact) mass is 277 g/mol. The lowest BCUT2D eigenvalue weighted by molar-refractivity contribution is 0.297. The van der Waals surface area contributed by atoms with Gasteiger partial charge in [-0.25, -0.2) is 8.78 Å². The number of hydrogen-bond acceptors (Lipinski definition) is 2. The minimum Gasteiger partial charge on any atom is -0.494 e. The zero-order chi connectivity index (χ0) is 14.5. The quantitative estimate of drug-likeness (QED) is 0.903. The van der Waals surface area contributed by atoms with Gasteiger partial charge in [-0.2, -0.15) is 0 Å². The van der Waals surface area contributed by atoms with Crippen LogP contribution in [0.3, 0.4) is 0 Å². The Kier molecular flexibility index (Phi) is 4.69. The molecule has 0 bridgehead atoms. The molecule has 0 saturated heterocycles. The van der Waals surface area contributed by atoms with Crippen LogP contribution < -0.4 is 10.5 Å². The van der Waals surface area contributed by atoms with Crippen LogP contribution in [0.2, 0.25) is 0 Å². The molecular weight excluding hydrogens is 260 g/mol. The second-order valence-corrected chi connectivity index (χ2v) is 4.73. The Hall–Kier alpha value is -1.94. The molecule has 2 aromatic carbocycles. The third-order valence-electron chi connectivity index (χ3n) is 3.04. The van der Waals surface area contributed by atoms with Crippen molar-refractivity contribution in [1.29, 1.82) is 0 Å². The highest BCUT2D eigenvalue weighted by atomic mass is 19.1. The van der Waals surface area contributed by atoms with E-state index in [1.54, 1.807) is 0 Å². The molecule has 0 saturated carbocycles. The second-order valence-electron chi connectivity index (χ2n) is 4.73. The van der Waals surface area contributed by atoms with E-state index in [-0.39, 0.29) is 5.56 Å². The predicted octanol–water partition coefficient (Wildman–Crippen LogP) is 3.74. The van der Waals surface area contributed by atoms with E-state index in [9.17, 15) is 8.78 Å². The summed E-state index contributed by atoms with van der Waals surface area (Å²) in [6.07, 6.45) is 0.411. The minimum atomic E-state index is -0.587. The lowest BCUT2D eigenvalue weighted by Gasteiger charge is -2.14. The normalized spacial score (nSPS) is 12.2. The van der Waals surface area contributed by atoms with Crippen LogP contribution in [-0.2, 0) is 0 Å². The van der Waals surface area contributed by atoms with Gasteiger partial charge in [0.25, 0.3) is 0 Å². The molecule has 4 heteroatoms. The van der Waals surface area contributed by atoms with Crippen LogP contribution in [-0.4, -0.2) is 6.61 Å². The zero-order valence-electron chi connectivity index (χ0n) is 11.3. The van der Waals surface area contributed by atoms with Gasteiger partial charge >= 0.3 is 0 Å². The Labute approximate surface area is 117 Å². The number of halogens is 2. The van der Waals surface area contributed by atoms with Crippen molar-refractivity contribution >= 4 is 0 Å². The van der Waals surface area contributed by atoms with Crippen LogP contribution >= 0.6 is 0 Å². The van der Waals surface area contributed by atoms with Crippen molar-refractivity contribution in [2.24, 2.45) is 5.73 Å². The predicted molar refractivity (Wildman–Crippen MR) is 74.6 cm³/mol. The van der Waals surface area contributed by atoms with E-state index >= 15 is 0 Å². The first-order valence-corrected chi connectivity index (χ1v) is 6.46. The molecule has 20 heavy (non-hydrogen) atoms. The molecule has 0 aliphatic carbocycles. The smallest absolute Gasteiger partial charge is 0.128 e. The zero-order valence-corrected chi connectivity index (χ0v) is 11.3. The molecule has 106 valence electrons. The summed E-state index contributed by atoms with van der Waals surface area (Å²) >= 11 is 0. The number of hydrogen-bond donors (Lipinski definition) is 1. The Morgan fingerprint density at radius 3 is 2.70 bits per heavy atom. The average molecular weight is 277 g/mol. The van der Waals surface area contributed by atoms with E-state index in [0.717, 1.165) is 29.5 Å². The summed E-state index contributed by atoms with van der Waals surface area (Å²) in [5.41, 5.74) is 7.15. The summed E-state index contributed by atoms with van der Waals surface area (Å²) in [4.78, 5) is 0. The van der Waals surface area contributed by atoms with Gasteiger partial charge in [0.05, 0.1) is 6.61 Å². The van der Waals surface area contributed by atoms with Gasteiger partial charge in [-0.3, -0.25) is 0 Å². The third-order valence-corrected chi connectivity index (χ3v) is 3.04. The van der Waals surface area contributed by atoms with Crippen molar-refractivity contribution < 1.29 is 13.5 Å². The minimum absolute atomic E-state index is 0.179. The fourth-order valence-corrected chi connectivity index (χ4v) is 1.96. The molecule has 0 amide bonds. The van der Waals surface area contributed by atoms with Crippen molar-refractivity contribution in [2.75, 3.05) is 6.61 Å². The summed E-state index contributed by atoms with van der Waals surface area (Å²) < 4.78 is 32.2. The highest BCUT2D eigenvalue weighted by Crippen LogP contribution is 2.20. The van der Waals surface area contributed by atoms with E-state index in [1.165, 1.54) is 0 Å². The van der Waals surface area contributed by atoms with Gasteiger partial charge in [0.15, 0.2) is 0 Å². The van der Waals surface area contributed by atoms with Gasteiger partial charge in [-0.05, 0) is 42.8 Å². The van der Waals surface area contributed by atoms with E-state index in [0.29, 0.717) is 13.0 Å². The number of benzene rings is 2. The lowest BCUT2D eigenvalue weighted by Crippen LogP contribution is -2.16. The molecule has 0 aromatic heterocycles. The summed E-state index contributed by atoms with van der Waals surface area (Å²) in [6, 6.07) is 10.3. The maximum Gasteiger partial charge on any atom is 0.128 e. The fraction of sp³-hybridized carbons (Fsp3) is 0.250.